The minimum absolute atomic E-state index is 0.178. The number of nitrogens with one attached hydrogen (secondary N) is 3. The second-order valence-electron chi connectivity index (χ2n) is 11.6. The van der Waals surface area contributed by atoms with Crippen LogP contribution in [-0.2, 0) is 25.4 Å². The molecular formula is C31H36ClN7O6. The molecule has 2 fully saturated rings. The second-order valence-corrected chi connectivity index (χ2v) is 12.0. The van der Waals surface area contributed by atoms with Crippen LogP contribution in [0.3, 0.4) is 0 Å². The van der Waals surface area contributed by atoms with Gasteiger partial charge in [-0.2, -0.15) is 0 Å². The summed E-state index contributed by atoms with van der Waals surface area (Å²) in [5.41, 5.74) is 2.99. The van der Waals surface area contributed by atoms with Gasteiger partial charge in [0.2, 0.25) is 5.91 Å². The van der Waals surface area contributed by atoms with E-state index in [9.17, 15) is 9.59 Å². The smallest absolute Gasteiger partial charge is 0.324 e. The molecule has 14 heteroatoms. The summed E-state index contributed by atoms with van der Waals surface area (Å²) in [7, 11) is 1.63. The van der Waals surface area contributed by atoms with Gasteiger partial charge in [0, 0.05) is 61.8 Å². The number of nitrogens with zero attached hydrogens (tertiary/aromatic N) is 4. The van der Waals surface area contributed by atoms with Gasteiger partial charge >= 0.3 is 6.03 Å². The molecule has 238 valence electrons. The first-order valence-corrected chi connectivity index (χ1v) is 15.3. The van der Waals surface area contributed by atoms with Gasteiger partial charge in [0.25, 0.3) is 0 Å². The summed E-state index contributed by atoms with van der Waals surface area (Å²) in [6.45, 7) is 5.41. The zero-order chi connectivity index (χ0) is 31.4. The number of hydrogen-bond donors (Lipinski definition) is 3. The molecule has 45 heavy (non-hydrogen) atoms. The molecule has 2 aromatic heterocycles. The number of aryl methyl sites for hydroxylation is 1. The summed E-state index contributed by atoms with van der Waals surface area (Å²) in [5, 5.41) is 12.7. The van der Waals surface area contributed by atoms with Crippen LogP contribution in [-0.4, -0.2) is 78.1 Å². The summed E-state index contributed by atoms with van der Waals surface area (Å²) in [6.07, 6.45) is 6.62. The van der Waals surface area contributed by atoms with Crippen molar-refractivity contribution in [1.29, 1.82) is 0 Å². The third-order valence-corrected chi connectivity index (χ3v) is 8.71. The van der Waals surface area contributed by atoms with Crippen LogP contribution in [0.5, 0.6) is 0 Å². The number of halogens is 1. The van der Waals surface area contributed by atoms with E-state index in [2.05, 4.69) is 31.1 Å². The van der Waals surface area contributed by atoms with Gasteiger partial charge in [0.15, 0.2) is 5.82 Å². The molecule has 1 aliphatic carbocycles. The Labute approximate surface area is 265 Å². The summed E-state index contributed by atoms with van der Waals surface area (Å²) in [4.78, 5) is 35.9. The zero-order valence-corrected chi connectivity index (χ0v) is 26.0. The molecule has 3 amide bonds. The van der Waals surface area contributed by atoms with Gasteiger partial charge in [-0.05, 0) is 44.4 Å². The van der Waals surface area contributed by atoms with E-state index >= 15 is 0 Å². The Morgan fingerprint density at radius 1 is 1.16 bits per heavy atom. The van der Waals surface area contributed by atoms with Crippen molar-refractivity contribution >= 4 is 52.6 Å². The maximum atomic E-state index is 12.7. The molecule has 0 saturated carbocycles. The number of ether oxygens (including phenoxy) is 3. The molecule has 1 unspecified atom stereocenters. The topological polar surface area (TPSA) is 153 Å². The third kappa shape index (κ3) is 7.21. The zero-order valence-electron chi connectivity index (χ0n) is 25.2. The highest BCUT2D eigenvalue weighted by Gasteiger charge is 2.41. The first kappa shape index (κ1) is 30.8. The van der Waals surface area contributed by atoms with E-state index < -0.39 is 6.03 Å². The number of piperidine rings is 1. The van der Waals surface area contributed by atoms with Crippen LogP contribution in [0.2, 0.25) is 5.02 Å². The predicted octanol–water partition coefficient (Wildman–Crippen LogP) is 5.16. The van der Waals surface area contributed by atoms with Crippen LogP contribution in [0.15, 0.2) is 40.9 Å². The number of rotatable bonds is 10. The van der Waals surface area contributed by atoms with Crippen LogP contribution in [0.25, 0.3) is 6.08 Å². The molecular weight excluding hydrogens is 602 g/mol. The summed E-state index contributed by atoms with van der Waals surface area (Å²) < 4.78 is 22.2. The maximum absolute atomic E-state index is 12.7. The van der Waals surface area contributed by atoms with E-state index in [1.807, 2.05) is 11.0 Å². The quantitative estimate of drug-likeness (QED) is 0.254. The largest absolute Gasteiger partial charge is 0.495 e. The molecule has 2 aliphatic heterocycles. The van der Waals surface area contributed by atoms with E-state index in [4.69, 9.17) is 30.3 Å². The molecule has 3 aromatic rings. The molecule has 1 atom stereocenters. The third-order valence-electron chi connectivity index (χ3n) is 8.40. The fraction of sp³-hybridized carbons (Fsp3) is 0.452. The van der Waals surface area contributed by atoms with Crippen molar-refractivity contribution < 1.29 is 28.3 Å². The number of aromatic nitrogens is 3. The normalized spacial score (nSPS) is 18.4. The Kier molecular flexibility index (Phi) is 9.19. The van der Waals surface area contributed by atoms with Crippen molar-refractivity contribution in [2.24, 2.45) is 5.41 Å². The van der Waals surface area contributed by atoms with Crippen molar-refractivity contribution in [3.05, 3.63) is 58.4 Å². The molecule has 13 nitrogen and oxygen atoms in total. The predicted molar refractivity (Wildman–Crippen MR) is 167 cm³/mol. The lowest BCUT2D eigenvalue weighted by molar-refractivity contribution is -0.153. The number of methoxy groups -OCH3 is 1. The lowest BCUT2D eigenvalue weighted by Crippen LogP contribution is -2.52. The van der Waals surface area contributed by atoms with Crippen LogP contribution >= 0.6 is 11.6 Å². The molecule has 0 radical (unpaired) electrons. The monoisotopic (exact) mass is 637 g/mol. The molecule has 1 aromatic carbocycles. The Morgan fingerprint density at radius 2 is 1.98 bits per heavy atom. The highest BCUT2D eigenvalue weighted by atomic mass is 35.5. The van der Waals surface area contributed by atoms with Gasteiger partial charge in [-0.1, -0.05) is 16.8 Å². The Bertz CT molecular complexity index is 1580. The van der Waals surface area contributed by atoms with Crippen molar-refractivity contribution in [1.82, 2.24) is 20.0 Å². The summed E-state index contributed by atoms with van der Waals surface area (Å²) in [5.74, 6) is 2.33. The Hall–Kier alpha value is -4.20. The lowest BCUT2D eigenvalue weighted by Gasteiger charge is -2.47. The second kappa shape index (κ2) is 13.4. The van der Waals surface area contributed by atoms with Crippen molar-refractivity contribution in [2.45, 2.75) is 45.1 Å². The van der Waals surface area contributed by atoms with Crippen LogP contribution in [0.1, 0.15) is 42.7 Å². The van der Waals surface area contributed by atoms with E-state index in [0.29, 0.717) is 70.8 Å². The van der Waals surface area contributed by atoms with Crippen LogP contribution in [0, 0.1) is 12.3 Å². The van der Waals surface area contributed by atoms with E-state index in [1.165, 1.54) is 6.33 Å². The molecule has 1 spiro atoms. The first-order chi connectivity index (χ1) is 21.8. The van der Waals surface area contributed by atoms with E-state index in [-0.39, 0.29) is 12.0 Å². The number of likely N-dealkylation sites (tertiary alicyclic amines) is 1. The van der Waals surface area contributed by atoms with Gasteiger partial charge in [0.05, 0.1) is 36.2 Å². The summed E-state index contributed by atoms with van der Waals surface area (Å²) in [6, 6.07) is 6.26. The minimum Gasteiger partial charge on any atom is -0.495 e. The standard InChI is InChI=1S/C31H36ClN7O6/c1-19-12-27(38-45-19)37-30(41)36-23-6-5-20(13-22(23)32)35-29-21-14-25(42-2)26(15-24(21)33-18-34-29)44-11-3-4-28(40)39-9-7-31(8-10-39)16-43-17-31/h5-6,12-13,15,18,25H,3-4,7-11,14,16-17H2,1-2H3,(H,33,34,35)(H2,36,37,38,41). The average molecular weight is 638 g/mol. The molecule has 3 N–H and O–H groups in total. The minimum atomic E-state index is -0.502. The Morgan fingerprint density at radius 3 is 2.67 bits per heavy atom. The lowest BCUT2D eigenvalue weighted by atomic mass is 9.77. The van der Waals surface area contributed by atoms with Crippen molar-refractivity contribution in [3.63, 3.8) is 0 Å². The highest BCUT2D eigenvalue weighted by molar-refractivity contribution is 6.34. The number of amides is 3. The van der Waals surface area contributed by atoms with Gasteiger partial charge in [-0.15, -0.1) is 0 Å². The molecule has 0 bridgehead atoms. The van der Waals surface area contributed by atoms with Gasteiger partial charge in [-0.25, -0.2) is 14.8 Å². The van der Waals surface area contributed by atoms with Crippen LogP contribution in [0.4, 0.5) is 27.8 Å². The number of fused-ring (bicyclic) bond motifs is 1. The number of carbonyl (C=O) groups is 2. The van der Waals surface area contributed by atoms with Gasteiger partial charge in [-0.3, -0.25) is 10.1 Å². The Balaban J connectivity index is 1.03. The maximum Gasteiger partial charge on any atom is 0.324 e. The highest BCUT2D eigenvalue weighted by Crippen LogP contribution is 2.38. The summed E-state index contributed by atoms with van der Waals surface area (Å²) >= 11 is 6.47. The number of anilines is 4. The molecule has 6 rings (SSSR count). The average Bonchev–Trinajstić information content (AvgIpc) is 3.43. The number of urea groups is 1. The number of benzene rings is 1. The fourth-order valence-corrected chi connectivity index (χ4v) is 5.94. The molecule has 3 aliphatic rings. The van der Waals surface area contributed by atoms with Crippen molar-refractivity contribution in [2.75, 3.05) is 56.0 Å². The number of hydrogen-bond acceptors (Lipinski definition) is 10. The van der Waals surface area contributed by atoms with E-state index in [0.717, 1.165) is 50.4 Å². The van der Waals surface area contributed by atoms with Crippen molar-refractivity contribution in [3.8, 4) is 0 Å². The molecule has 4 heterocycles. The van der Waals surface area contributed by atoms with E-state index in [1.54, 1.807) is 38.3 Å². The SMILES string of the molecule is COC1Cc2c(ncnc2Nc2ccc(NC(=O)Nc3cc(C)on3)c(Cl)c2)C=C1OCCCC(=O)N1CCC2(CC1)COC2. The molecule has 2 saturated heterocycles. The van der Waals surface area contributed by atoms with Gasteiger partial charge < -0.3 is 34.3 Å². The first-order valence-electron chi connectivity index (χ1n) is 15.0. The van der Waals surface area contributed by atoms with Gasteiger partial charge in [0.1, 0.15) is 29.8 Å². The fourth-order valence-electron chi connectivity index (χ4n) is 5.71. The number of carbonyl (C=O) groups excluding carboxylic acids is 2. The van der Waals surface area contributed by atoms with Crippen LogP contribution < -0.4 is 16.0 Å².